The van der Waals surface area contributed by atoms with Crippen molar-refractivity contribution in [2.75, 3.05) is 0 Å². The number of rotatable bonds is 2. The van der Waals surface area contributed by atoms with E-state index in [4.69, 9.17) is 52.4 Å². The molecular formula is C15H8Cl3N5O2S. The Morgan fingerprint density at radius 2 is 1.73 bits per heavy atom. The fourth-order valence-electron chi connectivity index (χ4n) is 2.18. The predicted molar refractivity (Wildman–Crippen MR) is 106 cm³/mol. The van der Waals surface area contributed by atoms with Crippen molar-refractivity contribution >= 4 is 69.4 Å². The highest BCUT2D eigenvalue weighted by molar-refractivity contribution is 7.71. The second-order valence-electron chi connectivity index (χ2n) is 5.00. The van der Waals surface area contributed by atoms with Gasteiger partial charge in [-0.3, -0.25) is 19.8 Å². The van der Waals surface area contributed by atoms with Crippen molar-refractivity contribution in [1.82, 2.24) is 9.55 Å². The van der Waals surface area contributed by atoms with E-state index < -0.39 is 11.4 Å². The monoisotopic (exact) mass is 427 g/mol. The Morgan fingerprint density at radius 3 is 2.31 bits per heavy atom. The number of hydrogen-bond donors (Lipinski definition) is 3. The summed E-state index contributed by atoms with van der Waals surface area (Å²) in [6.07, 6.45) is 1.22. The van der Waals surface area contributed by atoms with Crippen LogP contribution in [0.3, 0.4) is 0 Å². The van der Waals surface area contributed by atoms with Gasteiger partial charge in [0.15, 0.2) is 4.77 Å². The number of H-pyrrole nitrogens is 1. The van der Waals surface area contributed by atoms with Crippen LogP contribution in [0, 0.1) is 10.2 Å². The van der Waals surface area contributed by atoms with E-state index >= 15 is 0 Å². The Hall–Kier alpha value is -2.26. The molecule has 0 amide bonds. The van der Waals surface area contributed by atoms with Crippen LogP contribution in [0.5, 0.6) is 5.88 Å². The third kappa shape index (κ3) is 3.49. The Balaban J connectivity index is 2.24. The van der Waals surface area contributed by atoms with Crippen LogP contribution < -0.4 is 5.56 Å². The summed E-state index contributed by atoms with van der Waals surface area (Å²) in [5.41, 5.74) is -0.235. The number of allylic oxidation sites excluding steroid dienone is 1. The first-order valence-corrected chi connectivity index (χ1v) is 8.45. The number of halogens is 3. The first-order chi connectivity index (χ1) is 12.3. The van der Waals surface area contributed by atoms with Crippen LogP contribution in [0.2, 0.25) is 5.02 Å². The van der Waals surface area contributed by atoms with Crippen LogP contribution in [-0.2, 0) is 0 Å². The molecule has 0 spiro atoms. The third-order valence-electron chi connectivity index (χ3n) is 3.35. The Labute approximate surface area is 166 Å². The molecule has 7 nitrogen and oxygen atoms in total. The second kappa shape index (κ2) is 7.16. The average molecular weight is 429 g/mol. The molecule has 1 aromatic heterocycles. The summed E-state index contributed by atoms with van der Waals surface area (Å²) in [4.78, 5) is 22.1. The summed E-state index contributed by atoms with van der Waals surface area (Å²) in [7, 11) is 0. The number of aromatic amines is 1. The van der Waals surface area contributed by atoms with Gasteiger partial charge < -0.3 is 5.11 Å². The maximum absolute atomic E-state index is 12.3. The van der Waals surface area contributed by atoms with Gasteiger partial charge in [0.05, 0.1) is 11.3 Å². The summed E-state index contributed by atoms with van der Waals surface area (Å²) < 4.78 is 1.24. The van der Waals surface area contributed by atoms with Crippen molar-refractivity contribution in [3.8, 4) is 11.6 Å². The van der Waals surface area contributed by atoms with Gasteiger partial charge in [0, 0.05) is 5.02 Å². The first kappa shape index (κ1) is 18.5. The molecule has 26 heavy (non-hydrogen) atoms. The van der Waals surface area contributed by atoms with Crippen LogP contribution in [0.15, 0.2) is 44.6 Å². The fourth-order valence-corrected chi connectivity index (χ4v) is 3.09. The number of nitrogens with zero attached hydrogens (tertiary/aromatic N) is 3. The van der Waals surface area contributed by atoms with Crippen molar-refractivity contribution in [3.63, 3.8) is 0 Å². The average Bonchev–Trinajstić information content (AvgIpc) is 2.54. The normalized spacial score (nSPS) is 14.1. The van der Waals surface area contributed by atoms with Gasteiger partial charge in [0.1, 0.15) is 15.9 Å². The van der Waals surface area contributed by atoms with Crippen LogP contribution >= 0.6 is 47.0 Å². The lowest BCUT2D eigenvalue weighted by atomic mass is 10.2. The predicted octanol–water partition coefficient (Wildman–Crippen LogP) is 3.86. The molecule has 0 saturated heterocycles. The quantitative estimate of drug-likeness (QED) is 0.632. The SMILES string of the molecule is N=C1N=C(Cl)C(=Cc2c(O)n(-c3ccc(Cl)cc3)c(=S)[nH]c2=O)C(Cl)=N1. The minimum atomic E-state index is -0.653. The highest BCUT2D eigenvalue weighted by Gasteiger charge is 2.20. The van der Waals surface area contributed by atoms with Crippen LogP contribution in [0.25, 0.3) is 11.8 Å². The Bertz CT molecular complexity index is 1110. The molecule has 0 saturated carbocycles. The molecule has 1 aromatic carbocycles. The number of benzene rings is 1. The van der Waals surface area contributed by atoms with Crippen molar-refractivity contribution < 1.29 is 5.11 Å². The van der Waals surface area contributed by atoms with Crippen molar-refractivity contribution in [2.45, 2.75) is 0 Å². The van der Waals surface area contributed by atoms with Crippen LogP contribution in [0.4, 0.5) is 0 Å². The molecule has 3 rings (SSSR count). The van der Waals surface area contributed by atoms with Gasteiger partial charge in [0.25, 0.3) is 5.56 Å². The molecule has 0 radical (unpaired) electrons. The summed E-state index contributed by atoms with van der Waals surface area (Å²) in [5, 5.41) is 18.2. The van der Waals surface area contributed by atoms with Gasteiger partial charge in [-0.25, -0.2) is 0 Å². The molecule has 1 aliphatic heterocycles. The van der Waals surface area contributed by atoms with Gasteiger partial charge in [-0.15, -0.1) is 0 Å². The fraction of sp³-hybridized carbons (Fsp3) is 0. The van der Waals surface area contributed by atoms with Crippen molar-refractivity contribution in [1.29, 1.82) is 5.41 Å². The van der Waals surface area contributed by atoms with E-state index in [1.807, 2.05) is 0 Å². The molecular weight excluding hydrogens is 421 g/mol. The van der Waals surface area contributed by atoms with E-state index in [9.17, 15) is 9.90 Å². The maximum atomic E-state index is 12.3. The van der Waals surface area contributed by atoms with Crippen LogP contribution in [-0.4, -0.2) is 31.0 Å². The van der Waals surface area contributed by atoms with E-state index in [1.165, 1.54) is 10.6 Å². The molecule has 0 atom stereocenters. The molecule has 1 aliphatic rings. The number of aliphatic imine (C=N–C) groups is 2. The van der Waals surface area contributed by atoms with Gasteiger partial charge in [-0.05, 0) is 42.6 Å². The summed E-state index contributed by atoms with van der Waals surface area (Å²) in [5.74, 6) is -0.796. The van der Waals surface area contributed by atoms with Gasteiger partial charge >= 0.3 is 0 Å². The second-order valence-corrected chi connectivity index (χ2v) is 6.53. The van der Waals surface area contributed by atoms with E-state index in [0.717, 1.165) is 0 Å². The zero-order chi connectivity index (χ0) is 19.0. The molecule has 2 heterocycles. The summed E-state index contributed by atoms with van der Waals surface area (Å²) >= 11 is 22.9. The first-order valence-electron chi connectivity index (χ1n) is 6.91. The number of hydrogen-bond acceptors (Lipinski definition) is 4. The molecule has 132 valence electrons. The number of guanidine groups is 1. The number of nitrogens with one attached hydrogen (secondary N) is 2. The molecule has 0 aliphatic carbocycles. The van der Waals surface area contributed by atoms with E-state index in [2.05, 4.69) is 15.0 Å². The molecule has 11 heteroatoms. The number of aromatic nitrogens is 2. The van der Waals surface area contributed by atoms with Gasteiger partial charge in [0.2, 0.25) is 11.8 Å². The molecule has 3 N–H and O–H groups in total. The number of aromatic hydroxyl groups is 1. The molecule has 0 bridgehead atoms. The van der Waals surface area contributed by atoms with Gasteiger partial charge in [-0.1, -0.05) is 34.8 Å². The molecule has 0 fully saturated rings. The standard InChI is InChI=1S/C15H8Cl3N5O2S/c16-6-1-3-7(4-2-6)23-13(25)9(12(24)22-15(23)26)5-8-10(17)20-14(19)21-11(8)18/h1-5,19,25H,(H,22,24,26). The van der Waals surface area contributed by atoms with E-state index in [-0.39, 0.29) is 32.2 Å². The zero-order valence-electron chi connectivity index (χ0n) is 12.6. The summed E-state index contributed by atoms with van der Waals surface area (Å²) in [6, 6.07) is 6.47. The highest BCUT2D eigenvalue weighted by Crippen LogP contribution is 2.25. The lowest BCUT2D eigenvalue weighted by molar-refractivity contribution is 0.432. The summed E-state index contributed by atoms with van der Waals surface area (Å²) in [6.45, 7) is 0. The molecule has 0 unspecified atom stereocenters. The maximum Gasteiger partial charge on any atom is 0.262 e. The highest BCUT2D eigenvalue weighted by atomic mass is 35.5. The topological polar surface area (TPSA) is 107 Å². The molecule has 2 aromatic rings. The van der Waals surface area contributed by atoms with Crippen molar-refractivity contribution in [2.24, 2.45) is 9.98 Å². The Kier molecular flexibility index (Phi) is 5.10. The lowest BCUT2D eigenvalue weighted by Gasteiger charge is -2.13. The van der Waals surface area contributed by atoms with Crippen LogP contribution in [0.1, 0.15) is 5.56 Å². The van der Waals surface area contributed by atoms with E-state index in [0.29, 0.717) is 10.7 Å². The largest absolute Gasteiger partial charge is 0.494 e. The van der Waals surface area contributed by atoms with Crippen molar-refractivity contribution in [3.05, 3.63) is 55.5 Å². The minimum Gasteiger partial charge on any atom is -0.494 e. The zero-order valence-corrected chi connectivity index (χ0v) is 15.7. The smallest absolute Gasteiger partial charge is 0.262 e. The minimum absolute atomic E-state index is 0.0121. The lowest BCUT2D eigenvalue weighted by Crippen LogP contribution is -2.18. The van der Waals surface area contributed by atoms with E-state index in [1.54, 1.807) is 24.3 Å². The third-order valence-corrected chi connectivity index (χ3v) is 4.46. The van der Waals surface area contributed by atoms with Gasteiger partial charge in [-0.2, -0.15) is 9.98 Å². The Morgan fingerprint density at radius 1 is 1.15 bits per heavy atom.